The second-order valence-corrected chi connectivity index (χ2v) is 7.77. The van der Waals surface area contributed by atoms with Crippen LogP contribution < -0.4 is 4.72 Å². The van der Waals surface area contributed by atoms with Gasteiger partial charge in [0, 0.05) is 0 Å². The molecule has 0 saturated carbocycles. The van der Waals surface area contributed by atoms with Crippen LogP contribution in [0.1, 0.15) is 57.9 Å². The quantitative estimate of drug-likeness (QED) is 0.642. The lowest BCUT2D eigenvalue weighted by atomic mass is 9.95. The molecular formula is C17H29NO2S. The molecule has 1 rings (SSSR count). The summed E-state index contributed by atoms with van der Waals surface area (Å²) < 4.78 is 25.4. The minimum Gasteiger partial charge on any atom is -0.284 e. The van der Waals surface area contributed by atoms with Crippen molar-refractivity contribution in [3.63, 3.8) is 0 Å². The molecule has 0 aromatic heterocycles. The van der Waals surface area contributed by atoms with Crippen molar-refractivity contribution in [2.45, 2.75) is 58.8 Å². The van der Waals surface area contributed by atoms with Gasteiger partial charge in [0.2, 0.25) is 10.0 Å². The Morgan fingerprint density at radius 2 is 1.81 bits per heavy atom. The number of anilines is 1. The fourth-order valence-electron chi connectivity index (χ4n) is 2.50. The lowest BCUT2D eigenvalue weighted by molar-refractivity contribution is 0.460. The molecule has 1 unspecified atom stereocenters. The normalized spacial score (nSPS) is 13.1. The van der Waals surface area contributed by atoms with Gasteiger partial charge in [-0.3, -0.25) is 4.72 Å². The van der Waals surface area contributed by atoms with Crippen molar-refractivity contribution >= 4 is 15.7 Å². The predicted molar refractivity (Wildman–Crippen MR) is 91.2 cm³/mol. The van der Waals surface area contributed by atoms with Crippen LogP contribution in [0.5, 0.6) is 0 Å². The van der Waals surface area contributed by atoms with Gasteiger partial charge in [0.25, 0.3) is 0 Å². The van der Waals surface area contributed by atoms with Gasteiger partial charge in [-0.15, -0.1) is 0 Å². The molecule has 4 heteroatoms. The summed E-state index contributed by atoms with van der Waals surface area (Å²) in [5, 5.41) is 0. The molecule has 1 aromatic carbocycles. The van der Waals surface area contributed by atoms with Crippen molar-refractivity contribution in [1.82, 2.24) is 0 Å². The van der Waals surface area contributed by atoms with Crippen molar-refractivity contribution < 1.29 is 8.42 Å². The molecule has 0 amide bonds. The minimum absolute atomic E-state index is 0.688. The zero-order valence-corrected chi connectivity index (χ0v) is 14.4. The standard InChI is InChI=1S/C17H29NO2S/c1-4-5-6-7-10-15(2)13-14-16-11-8-9-12-17(16)18-21(3,19)20/h8-9,11-12,15,18H,4-7,10,13-14H2,1-3H3. The van der Waals surface area contributed by atoms with E-state index in [1.165, 1.54) is 38.4 Å². The Bertz CT molecular complexity index is 511. The summed E-state index contributed by atoms with van der Waals surface area (Å²) in [6.45, 7) is 4.52. The summed E-state index contributed by atoms with van der Waals surface area (Å²) in [7, 11) is -3.21. The third-order valence-corrected chi connectivity index (χ3v) is 4.36. The number of aryl methyl sites for hydroxylation is 1. The summed E-state index contributed by atoms with van der Waals surface area (Å²) in [6, 6.07) is 7.68. The van der Waals surface area contributed by atoms with Crippen LogP contribution in [-0.4, -0.2) is 14.7 Å². The van der Waals surface area contributed by atoms with Crippen molar-refractivity contribution in [3.05, 3.63) is 29.8 Å². The Hall–Kier alpha value is -1.03. The van der Waals surface area contributed by atoms with Gasteiger partial charge >= 0.3 is 0 Å². The second kappa shape index (κ2) is 9.08. The first-order valence-corrected chi connectivity index (χ1v) is 9.87. The molecule has 1 atom stereocenters. The summed E-state index contributed by atoms with van der Waals surface area (Å²) in [6.07, 6.45) is 9.72. The summed E-state index contributed by atoms with van der Waals surface area (Å²) in [5.74, 6) is 0.688. The van der Waals surface area contributed by atoms with E-state index in [0.717, 1.165) is 24.1 Å². The highest BCUT2D eigenvalue weighted by Crippen LogP contribution is 2.22. The van der Waals surface area contributed by atoms with E-state index < -0.39 is 10.0 Å². The largest absolute Gasteiger partial charge is 0.284 e. The number of nitrogens with one attached hydrogen (secondary N) is 1. The van der Waals surface area contributed by atoms with Gasteiger partial charge in [-0.05, 0) is 30.4 Å². The summed E-state index contributed by atoms with van der Waals surface area (Å²) in [4.78, 5) is 0. The maximum Gasteiger partial charge on any atom is 0.229 e. The van der Waals surface area contributed by atoms with Gasteiger partial charge in [0.1, 0.15) is 0 Å². The van der Waals surface area contributed by atoms with Crippen molar-refractivity contribution in [2.75, 3.05) is 11.0 Å². The lowest BCUT2D eigenvalue weighted by Gasteiger charge is -2.14. The Morgan fingerprint density at radius 3 is 2.48 bits per heavy atom. The van der Waals surface area contributed by atoms with E-state index in [2.05, 4.69) is 18.6 Å². The highest BCUT2D eigenvalue weighted by atomic mass is 32.2. The summed E-state index contributed by atoms with van der Waals surface area (Å²) >= 11 is 0. The number of benzene rings is 1. The average Bonchev–Trinajstić information content (AvgIpc) is 2.41. The maximum absolute atomic E-state index is 11.4. The Morgan fingerprint density at radius 1 is 1.10 bits per heavy atom. The number of para-hydroxylation sites is 1. The number of unbranched alkanes of at least 4 members (excludes halogenated alkanes) is 3. The highest BCUT2D eigenvalue weighted by molar-refractivity contribution is 7.92. The van der Waals surface area contributed by atoms with E-state index in [4.69, 9.17) is 0 Å². The fraction of sp³-hybridized carbons (Fsp3) is 0.647. The van der Waals surface area contributed by atoms with Gasteiger partial charge in [0.15, 0.2) is 0 Å². The third kappa shape index (κ3) is 8.10. The SMILES string of the molecule is CCCCCCC(C)CCc1ccccc1NS(C)(=O)=O. The minimum atomic E-state index is -3.21. The Kier molecular flexibility index (Phi) is 7.79. The predicted octanol–water partition coefficient (Wildman–Crippen LogP) is 4.60. The first-order chi connectivity index (χ1) is 9.92. The molecule has 0 aliphatic heterocycles. The van der Waals surface area contributed by atoms with Crippen molar-refractivity contribution in [2.24, 2.45) is 5.92 Å². The van der Waals surface area contributed by atoms with Gasteiger partial charge in [-0.2, -0.15) is 0 Å². The first-order valence-electron chi connectivity index (χ1n) is 7.98. The van der Waals surface area contributed by atoms with Crippen molar-refractivity contribution in [3.8, 4) is 0 Å². The number of hydrogen-bond acceptors (Lipinski definition) is 2. The number of sulfonamides is 1. The molecule has 0 aliphatic rings. The lowest BCUT2D eigenvalue weighted by Crippen LogP contribution is -2.11. The zero-order valence-electron chi connectivity index (χ0n) is 13.6. The van der Waals surface area contributed by atoms with E-state index in [1.807, 2.05) is 24.3 Å². The van der Waals surface area contributed by atoms with E-state index in [9.17, 15) is 8.42 Å². The van der Waals surface area contributed by atoms with Crippen LogP contribution in [0.3, 0.4) is 0 Å². The Labute approximate surface area is 130 Å². The molecule has 120 valence electrons. The second-order valence-electron chi connectivity index (χ2n) is 6.02. The van der Waals surface area contributed by atoms with Gasteiger partial charge in [-0.1, -0.05) is 64.2 Å². The first kappa shape index (κ1) is 18.0. The monoisotopic (exact) mass is 311 g/mol. The topological polar surface area (TPSA) is 46.2 Å². The Balaban J connectivity index is 2.47. The van der Waals surface area contributed by atoms with Crippen molar-refractivity contribution in [1.29, 1.82) is 0 Å². The van der Waals surface area contributed by atoms with E-state index >= 15 is 0 Å². The number of hydrogen-bond donors (Lipinski definition) is 1. The van der Waals surface area contributed by atoms with E-state index in [0.29, 0.717) is 5.92 Å². The molecule has 0 radical (unpaired) electrons. The van der Waals surface area contributed by atoms with E-state index in [1.54, 1.807) is 0 Å². The molecule has 0 fully saturated rings. The van der Waals surface area contributed by atoms with Crippen LogP contribution >= 0.6 is 0 Å². The van der Waals surface area contributed by atoms with Crippen LogP contribution in [-0.2, 0) is 16.4 Å². The van der Waals surface area contributed by atoms with Crippen LogP contribution in [0.4, 0.5) is 5.69 Å². The van der Waals surface area contributed by atoms with Crippen LogP contribution in [0.25, 0.3) is 0 Å². The molecule has 0 saturated heterocycles. The van der Waals surface area contributed by atoms with Gasteiger partial charge in [0.05, 0.1) is 11.9 Å². The molecule has 1 aromatic rings. The molecule has 3 nitrogen and oxygen atoms in total. The van der Waals surface area contributed by atoms with Gasteiger partial charge < -0.3 is 0 Å². The van der Waals surface area contributed by atoms with Crippen LogP contribution in [0.2, 0.25) is 0 Å². The van der Waals surface area contributed by atoms with Crippen LogP contribution in [0, 0.1) is 5.92 Å². The zero-order chi connectivity index (χ0) is 15.7. The highest BCUT2D eigenvalue weighted by Gasteiger charge is 2.09. The molecule has 21 heavy (non-hydrogen) atoms. The van der Waals surface area contributed by atoms with Crippen LogP contribution in [0.15, 0.2) is 24.3 Å². The van der Waals surface area contributed by atoms with Gasteiger partial charge in [-0.25, -0.2) is 8.42 Å². The summed E-state index contributed by atoms with van der Waals surface area (Å²) in [5.41, 5.74) is 1.81. The molecule has 0 heterocycles. The fourth-order valence-corrected chi connectivity index (χ4v) is 3.10. The molecule has 0 spiro atoms. The molecule has 0 bridgehead atoms. The third-order valence-electron chi connectivity index (χ3n) is 3.77. The maximum atomic E-state index is 11.4. The molecule has 0 aliphatic carbocycles. The van der Waals surface area contributed by atoms with E-state index in [-0.39, 0.29) is 0 Å². The molecule has 1 N–H and O–H groups in total. The number of rotatable bonds is 10. The smallest absolute Gasteiger partial charge is 0.229 e. The average molecular weight is 311 g/mol. The molecular weight excluding hydrogens is 282 g/mol.